The van der Waals surface area contributed by atoms with Gasteiger partial charge in [0.2, 0.25) is 0 Å². The third-order valence-corrected chi connectivity index (χ3v) is 3.20. The third-order valence-electron chi connectivity index (χ3n) is 3.00. The molecular formula is C13H24N4S. The van der Waals surface area contributed by atoms with Gasteiger partial charge in [0.05, 0.1) is 5.69 Å². The normalized spacial score (nSPS) is 11.1. The summed E-state index contributed by atoms with van der Waals surface area (Å²) in [4.78, 5) is 0.357. The molecule has 0 radical (unpaired) electrons. The molecule has 0 bridgehead atoms. The maximum Gasteiger partial charge on any atom is 0.143 e. The van der Waals surface area contributed by atoms with Crippen LogP contribution in [0.5, 0.6) is 0 Å². The van der Waals surface area contributed by atoms with E-state index >= 15 is 0 Å². The maximum absolute atomic E-state index is 5.70. The third kappa shape index (κ3) is 4.37. The molecule has 4 nitrogen and oxygen atoms in total. The van der Waals surface area contributed by atoms with Crippen LogP contribution in [0.15, 0.2) is 0 Å². The van der Waals surface area contributed by atoms with Gasteiger partial charge >= 0.3 is 0 Å². The average Bonchev–Trinajstić information content (AvgIpc) is 2.70. The summed E-state index contributed by atoms with van der Waals surface area (Å²) in [5, 5.41) is 8.31. The lowest BCUT2D eigenvalue weighted by Crippen LogP contribution is -2.15. The molecule has 5 heteroatoms. The van der Waals surface area contributed by atoms with Crippen LogP contribution < -0.4 is 5.73 Å². The molecule has 1 aromatic heterocycles. The Morgan fingerprint density at radius 2 is 2.11 bits per heavy atom. The molecule has 1 aromatic rings. The molecule has 2 N–H and O–H groups in total. The Hall–Kier alpha value is -0.970. The predicted molar refractivity (Wildman–Crippen MR) is 78.6 cm³/mol. The van der Waals surface area contributed by atoms with Crippen molar-refractivity contribution in [2.24, 2.45) is 11.7 Å². The van der Waals surface area contributed by atoms with Crippen LogP contribution in [0, 0.1) is 5.92 Å². The monoisotopic (exact) mass is 268 g/mol. The smallest absolute Gasteiger partial charge is 0.143 e. The Balaban J connectivity index is 2.78. The lowest BCUT2D eigenvalue weighted by molar-refractivity contribution is 0.501. The molecule has 0 amide bonds. The number of aryl methyl sites for hydroxylation is 1. The highest BCUT2D eigenvalue weighted by molar-refractivity contribution is 7.80. The Bertz CT molecular complexity index is 384. The Morgan fingerprint density at radius 1 is 1.39 bits per heavy atom. The largest absolute Gasteiger partial charge is 0.388 e. The van der Waals surface area contributed by atoms with Gasteiger partial charge in [-0.15, -0.1) is 5.10 Å². The summed E-state index contributed by atoms with van der Waals surface area (Å²) in [5.41, 5.74) is 7.52. The molecule has 0 aliphatic rings. The van der Waals surface area contributed by atoms with E-state index in [-0.39, 0.29) is 0 Å². The lowest BCUT2D eigenvalue weighted by Gasteiger charge is -2.09. The molecule has 0 fully saturated rings. The summed E-state index contributed by atoms with van der Waals surface area (Å²) in [6.07, 6.45) is 5.61. The molecule has 1 heterocycles. The Labute approximate surface area is 115 Å². The standard InChI is InChI=1S/C13H24N4S/c1-4-5-6-9-17-11(8-7-10(2)3)12(13(14)18)15-16-17/h10H,4-9H2,1-3H3,(H2,14,18). The quantitative estimate of drug-likeness (QED) is 0.582. The van der Waals surface area contributed by atoms with Crippen molar-refractivity contribution in [3.63, 3.8) is 0 Å². The molecule has 18 heavy (non-hydrogen) atoms. The number of nitrogens with two attached hydrogens (primary N) is 1. The van der Waals surface area contributed by atoms with Crippen molar-refractivity contribution in [2.45, 2.75) is 59.4 Å². The minimum Gasteiger partial charge on any atom is -0.388 e. The fourth-order valence-corrected chi connectivity index (χ4v) is 2.05. The predicted octanol–water partition coefficient (Wildman–Crippen LogP) is 2.69. The van der Waals surface area contributed by atoms with E-state index in [0.29, 0.717) is 16.6 Å². The Kier molecular flexibility index (Phi) is 6.25. The van der Waals surface area contributed by atoms with Crippen molar-refractivity contribution >= 4 is 17.2 Å². The van der Waals surface area contributed by atoms with Crippen molar-refractivity contribution in [1.29, 1.82) is 0 Å². The van der Waals surface area contributed by atoms with Crippen LogP contribution >= 0.6 is 12.2 Å². The zero-order valence-corrected chi connectivity index (χ0v) is 12.5. The molecule has 102 valence electrons. The van der Waals surface area contributed by atoms with Gasteiger partial charge in [0.1, 0.15) is 10.7 Å². The number of nitrogens with zero attached hydrogens (tertiary/aromatic N) is 3. The second-order valence-electron chi connectivity index (χ2n) is 5.11. The number of rotatable bonds is 8. The lowest BCUT2D eigenvalue weighted by atomic mass is 10.1. The molecule has 0 aliphatic carbocycles. The van der Waals surface area contributed by atoms with Gasteiger partial charge in [0.15, 0.2) is 0 Å². The molecule has 0 spiro atoms. The van der Waals surface area contributed by atoms with E-state index in [9.17, 15) is 0 Å². The summed E-state index contributed by atoms with van der Waals surface area (Å²) in [7, 11) is 0. The molecule has 1 rings (SSSR count). The SMILES string of the molecule is CCCCCn1nnc(C(N)=S)c1CCC(C)C. The molecule has 0 unspecified atom stereocenters. The van der Waals surface area contributed by atoms with E-state index in [0.717, 1.165) is 31.5 Å². The first kappa shape index (κ1) is 15.1. The average molecular weight is 268 g/mol. The van der Waals surface area contributed by atoms with Gasteiger partial charge < -0.3 is 5.73 Å². The van der Waals surface area contributed by atoms with Crippen LogP contribution in [0.25, 0.3) is 0 Å². The topological polar surface area (TPSA) is 56.7 Å². The summed E-state index contributed by atoms with van der Waals surface area (Å²) in [6.45, 7) is 7.54. The van der Waals surface area contributed by atoms with Crippen molar-refractivity contribution in [1.82, 2.24) is 15.0 Å². The van der Waals surface area contributed by atoms with Crippen molar-refractivity contribution < 1.29 is 0 Å². The van der Waals surface area contributed by atoms with Gasteiger partial charge in [-0.05, 0) is 25.2 Å². The van der Waals surface area contributed by atoms with Crippen LogP contribution in [0.3, 0.4) is 0 Å². The highest BCUT2D eigenvalue weighted by atomic mass is 32.1. The minimum atomic E-state index is 0.357. The first-order valence-electron chi connectivity index (χ1n) is 6.78. The first-order chi connectivity index (χ1) is 8.56. The van der Waals surface area contributed by atoms with Crippen LogP contribution in [0.2, 0.25) is 0 Å². The van der Waals surface area contributed by atoms with Crippen LogP contribution in [0.1, 0.15) is 57.8 Å². The van der Waals surface area contributed by atoms with E-state index in [4.69, 9.17) is 18.0 Å². The fourth-order valence-electron chi connectivity index (χ4n) is 1.89. The Morgan fingerprint density at radius 3 is 2.67 bits per heavy atom. The van der Waals surface area contributed by atoms with Gasteiger partial charge in [-0.25, -0.2) is 4.68 Å². The van der Waals surface area contributed by atoms with Gasteiger partial charge in [0.25, 0.3) is 0 Å². The molecule has 0 atom stereocenters. The molecule has 0 aliphatic heterocycles. The van der Waals surface area contributed by atoms with Crippen LogP contribution in [0.4, 0.5) is 0 Å². The number of hydrogen-bond acceptors (Lipinski definition) is 3. The van der Waals surface area contributed by atoms with Crippen LogP contribution in [-0.2, 0) is 13.0 Å². The van der Waals surface area contributed by atoms with Gasteiger partial charge in [-0.2, -0.15) is 0 Å². The van der Waals surface area contributed by atoms with Crippen molar-refractivity contribution in [2.75, 3.05) is 0 Å². The summed E-state index contributed by atoms with van der Waals surface area (Å²) in [6, 6.07) is 0. The number of aromatic nitrogens is 3. The zero-order chi connectivity index (χ0) is 13.5. The second-order valence-corrected chi connectivity index (χ2v) is 5.55. The number of unbranched alkanes of at least 4 members (excludes halogenated alkanes) is 2. The van der Waals surface area contributed by atoms with E-state index in [2.05, 4.69) is 31.1 Å². The zero-order valence-electron chi connectivity index (χ0n) is 11.6. The van der Waals surface area contributed by atoms with E-state index in [1.54, 1.807) is 0 Å². The number of hydrogen-bond donors (Lipinski definition) is 1. The number of thiocarbonyl (C=S) groups is 1. The van der Waals surface area contributed by atoms with Crippen molar-refractivity contribution in [3.05, 3.63) is 11.4 Å². The minimum absolute atomic E-state index is 0.357. The summed E-state index contributed by atoms with van der Waals surface area (Å²) in [5.74, 6) is 0.656. The molecule has 0 aromatic carbocycles. The second kappa shape index (κ2) is 7.46. The van der Waals surface area contributed by atoms with E-state index in [1.807, 2.05) is 4.68 Å². The fraction of sp³-hybridized carbons (Fsp3) is 0.769. The van der Waals surface area contributed by atoms with Gasteiger partial charge in [-0.3, -0.25) is 0 Å². The van der Waals surface area contributed by atoms with E-state index in [1.165, 1.54) is 12.8 Å². The van der Waals surface area contributed by atoms with Crippen molar-refractivity contribution in [3.8, 4) is 0 Å². The van der Waals surface area contributed by atoms with E-state index < -0.39 is 0 Å². The van der Waals surface area contributed by atoms with Gasteiger partial charge in [0, 0.05) is 6.54 Å². The molecule has 0 saturated carbocycles. The first-order valence-corrected chi connectivity index (χ1v) is 7.19. The molecule has 0 saturated heterocycles. The summed E-state index contributed by atoms with van der Waals surface area (Å²) < 4.78 is 1.98. The van der Waals surface area contributed by atoms with Crippen LogP contribution in [-0.4, -0.2) is 20.0 Å². The van der Waals surface area contributed by atoms with Gasteiger partial charge in [-0.1, -0.05) is 51.0 Å². The summed E-state index contributed by atoms with van der Waals surface area (Å²) >= 11 is 5.04. The highest BCUT2D eigenvalue weighted by Gasteiger charge is 2.14. The molecular weight excluding hydrogens is 244 g/mol. The maximum atomic E-state index is 5.70. The highest BCUT2D eigenvalue weighted by Crippen LogP contribution is 2.13.